The molecule has 28 heavy (non-hydrogen) atoms. The summed E-state index contributed by atoms with van der Waals surface area (Å²) in [5.41, 5.74) is 1.28. The van der Waals surface area contributed by atoms with Gasteiger partial charge in [-0.15, -0.1) is 0 Å². The average molecular weight is 381 g/mol. The topological polar surface area (TPSA) is 99.6 Å². The number of benzene rings is 1. The van der Waals surface area contributed by atoms with E-state index in [-0.39, 0.29) is 29.0 Å². The van der Waals surface area contributed by atoms with Crippen molar-refractivity contribution in [3.8, 4) is 0 Å². The molecular formula is C21H23N3O4. The van der Waals surface area contributed by atoms with Crippen LogP contribution in [0.1, 0.15) is 49.7 Å². The lowest BCUT2D eigenvalue weighted by atomic mass is 9.97. The second-order valence-electron chi connectivity index (χ2n) is 6.97. The number of carbonyl (C=O) groups excluding carboxylic acids is 2. The Morgan fingerprint density at radius 1 is 1.18 bits per heavy atom. The van der Waals surface area contributed by atoms with Crippen LogP contribution in [0.5, 0.6) is 0 Å². The first kappa shape index (κ1) is 19.5. The van der Waals surface area contributed by atoms with Crippen LogP contribution in [-0.2, 0) is 0 Å². The van der Waals surface area contributed by atoms with Gasteiger partial charge in [-0.3, -0.25) is 9.59 Å². The Balaban J connectivity index is 1.60. The SMILES string of the molecule is Cc1nc(C(=O)N2CCCC(CNC(=O)c3ccccc3)C2)ccc1C(=O)O. The molecule has 2 amide bonds. The van der Waals surface area contributed by atoms with E-state index in [1.807, 2.05) is 18.2 Å². The van der Waals surface area contributed by atoms with E-state index in [1.165, 1.54) is 12.1 Å². The molecular weight excluding hydrogens is 358 g/mol. The fourth-order valence-corrected chi connectivity index (χ4v) is 3.41. The number of hydrogen-bond acceptors (Lipinski definition) is 4. The number of aryl methyl sites for hydroxylation is 1. The molecule has 2 N–H and O–H groups in total. The summed E-state index contributed by atoms with van der Waals surface area (Å²) < 4.78 is 0. The summed E-state index contributed by atoms with van der Waals surface area (Å²) in [6.07, 6.45) is 1.78. The minimum atomic E-state index is -1.06. The number of carboxylic acid groups (broad SMARTS) is 1. The molecule has 1 aromatic carbocycles. The van der Waals surface area contributed by atoms with Gasteiger partial charge in [0.25, 0.3) is 11.8 Å². The highest BCUT2D eigenvalue weighted by Gasteiger charge is 2.26. The maximum atomic E-state index is 12.8. The van der Waals surface area contributed by atoms with Gasteiger partial charge >= 0.3 is 5.97 Å². The number of carboxylic acids is 1. The van der Waals surface area contributed by atoms with Crippen LogP contribution in [0.15, 0.2) is 42.5 Å². The van der Waals surface area contributed by atoms with E-state index < -0.39 is 5.97 Å². The van der Waals surface area contributed by atoms with Crippen LogP contribution in [0.3, 0.4) is 0 Å². The quantitative estimate of drug-likeness (QED) is 0.828. The van der Waals surface area contributed by atoms with Gasteiger partial charge in [-0.25, -0.2) is 9.78 Å². The van der Waals surface area contributed by atoms with Gasteiger partial charge in [-0.2, -0.15) is 0 Å². The fourth-order valence-electron chi connectivity index (χ4n) is 3.41. The second-order valence-corrected chi connectivity index (χ2v) is 6.97. The smallest absolute Gasteiger partial charge is 0.337 e. The molecule has 1 aliphatic heterocycles. The largest absolute Gasteiger partial charge is 0.478 e. The number of likely N-dealkylation sites (tertiary alicyclic amines) is 1. The monoisotopic (exact) mass is 381 g/mol. The minimum absolute atomic E-state index is 0.0942. The molecule has 0 radical (unpaired) electrons. The van der Waals surface area contributed by atoms with Crippen molar-refractivity contribution in [1.82, 2.24) is 15.2 Å². The van der Waals surface area contributed by atoms with E-state index in [1.54, 1.807) is 24.0 Å². The first-order chi connectivity index (χ1) is 13.5. The summed E-state index contributed by atoms with van der Waals surface area (Å²) in [6.45, 7) is 3.25. The van der Waals surface area contributed by atoms with Crippen LogP contribution >= 0.6 is 0 Å². The average Bonchev–Trinajstić information content (AvgIpc) is 2.72. The van der Waals surface area contributed by atoms with Crippen LogP contribution in [0, 0.1) is 12.8 Å². The van der Waals surface area contributed by atoms with E-state index in [0.717, 1.165) is 12.8 Å². The highest BCUT2D eigenvalue weighted by atomic mass is 16.4. The summed E-state index contributed by atoms with van der Waals surface area (Å²) in [5.74, 6) is -1.22. The molecule has 0 saturated carbocycles. The van der Waals surface area contributed by atoms with Crippen molar-refractivity contribution in [3.63, 3.8) is 0 Å². The van der Waals surface area contributed by atoms with Gasteiger partial charge < -0.3 is 15.3 Å². The van der Waals surface area contributed by atoms with Crippen molar-refractivity contribution < 1.29 is 19.5 Å². The van der Waals surface area contributed by atoms with Crippen LogP contribution < -0.4 is 5.32 Å². The lowest BCUT2D eigenvalue weighted by Gasteiger charge is -2.32. The van der Waals surface area contributed by atoms with Gasteiger partial charge in [0.05, 0.1) is 11.3 Å². The van der Waals surface area contributed by atoms with Crippen molar-refractivity contribution in [2.24, 2.45) is 5.92 Å². The highest BCUT2D eigenvalue weighted by Crippen LogP contribution is 2.18. The van der Waals surface area contributed by atoms with Gasteiger partial charge in [-0.05, 0) is 49.9 Å². The lowest BCUT2D eigenvalue weighted by molar-refractivity contribution is 0.0657. The van der Waals surface area contributed by atoms with Gasteiger partial charge in [-0.1, -0.05) is 18.2 Å². The van der Waals surface area contributed by atoms with Crippen LogP contribution in [-0.4, -0.2) is 52.4 Å². The van der Waals surface area contributed by atoms with Gasteiger partial charge in [0.2, 0.25) is 0 Å². The molecule has 7 heteroatoms. The van der Waals surface area contributed by atoms with E-state index in [9.17, 15) is 14.4 Å². The predicted octanol–water partition coefficient (Wildman–Crippen LogP) is 2.37. The Bertz CT molecular complexity index is 882. The van der Waals surface area contributed by atoms with Crippen molar-refractivity contribution >= 4 is 17.8 Å². The number of nitrogens with one attached hydrogen (secondary N) is 1. The third-order valence-corrected chi connectivity index (χ3v) is 4.93. The van der Waals surface area contributed by atoms with Crippen molar-refractivity contribution in [1.29, 1.82) is 0 Å². The summed E-state index contributed by atoms with van der Waals surface area (Å²) in [5, 5.41) is 12.0. The number of rotatable bonds is 5. The zero-order valence-electron chi connectivity index (χ0n) is 15.7. The van der Waals surface area contributed by atoms with Crippen molar-refractivity contribution in [3.05, 3.63) is 65.0 Å². The molecule has 146 valence electrons. The third-order valence-electron chi connectivity index (χ3n) is 4.93. The Morgan fingerprint density at radius 2 is 1.93 bits per heavy atom. The first-order valence-electron chi connectivity index (χ1n) is 9.29. The molecule has 0 spiro atoms. The van der Waals surface area contributed by atoms with Gasteiger partial charge in [0.1, 0.15) is 5.69 Å². The Hall–Kier alpha value is -3.22. The number of aromatic carboxylic acids is 1. The lowest BCUT2D eigenvalue weighted by Crippen LogP contribution is -2.44. The number of hydrogen-bond donors (Lipinski definition) is 2. The van der Waals surface area contributed by atoms with Crippen LogP contribution in [0.4, 0.5) is 0 Å². The molecule has 2 aromatic rings. The Kier molecular flexibility index (Phi) is 6.03. The number of aromatic nitrogens is 1. The molecule has 1 unspecified atom stereocenters. The molecule has 1 saturated heterocycles. The van der Waals surface area contributed by atoms with Crippen LogP contribution in [0.2, 0.25) is 0 Å². The number of amides is 2. The number of nitrogens with zero attached hydrogens (tertiary/aromatic N) is 2. The Morgan fingerprint density at radius 3 is 2.61 bits per heavy atom. The number of carbonyl (C=O) groups is 3. The molecule has 0 aliphatic carbocycles. The van der Waals surface area contributed by atoms with E-state index in [4.69, 9.17) is 5.11 Å². The number of pyridine rings is 1. The molecule has 1 fully saturated rings. The third kappa shape index (κ3) is 4.54. The molecule has 2 heterocycles. The molecule has 3 rings (SSSR count). The normalized spacial score (nSPS) is 16.5. The van der Waals surface area contributed by atoms with E-state index in [2.05, 4.69) is 10.3 Å². The van der Waals surface area contributed by atoms with Gasteiger partial charge in [0.15, 0.2) is 0 Å². The maximum Gasteiger partial charge on any atom is 0.337 e. The van der Waals surface area contributed by atoms with Crippen molar-refractivity contribution in [2.45, 2.75) is 19.8 Å². The molecule has 1 atom stereocenters. The van der Waals surface area contributed by atoms with E-state index >= 15 is 0 Å². The summed E-state index contributed by atoms with van der Waals surface area (Å²) >= 11 is 0. The van der Waals surface area contributed by atoms with E-state index in [0.29, 0.717) is 30.9 Å². The minimum Gasteiger partial charge on any atom is -0.478 e. The van der Waals surface area contributed by atoms with Crippen molar-refractivity contribution in [2.75, 3.05) is 19.6 Å². The zero-order valence-corrected chi connectivity index (χ0v) is 15.7. The molecule has 0 bridgehead atoms. The second kappa shape index (κ2) is 8.65. The van der Waals surface area contributed by atoms with Crippen LogP contribution in [0.25, 0.3) is 0 Å². The number of piperidine rings is 1. The predicted molar refractivity (Wildman–Crippen MR) is 103 cm³/mol. The maximum absolute atomic E-state index is 12.8. The summed E-state index contributed by atoms with van der Waals surface area (Å²) in [4.78, 5) is 42.0. The first-order valence-corrected chi connectivity index (χ1v) is 9.29. The molecule has 7 nitrogen and oxygen atoms in total. The molecule has 1 aromatic heterocycles. The standard InChI is InChI=1S/C21H23N3O4/c1-14-17(21(27)28)9-10-18(23-14)20(26)24-11-5-6-15(13-24)12-22-19(25)16-7-3-2-4-8-16/h2-4,7-10,15H,5-6,11-13H2,1H3,(H,22,25)(H,27,28). The van der Waals surface area contributed by atoms with Gasteiger partial charge in [0, 0.05) is 25.2 Å². The Labute approximate surface area is 163 Å². The summed E-state index contributed by atoms with van der Waals surface area (Å²) in [7, 11) is 0. The zero-order chi connectivity index (χ0) is 20.1. The fraction of sp³-hybridized carbons (Fsp3) is 0.333. The molecule has 1 aliphatic rings. The summed E-state index contributed by atoms with van der Waals surface area (Å²) in [6, 6.07) is 11.9. The highest BCUT2D eigenvalue weighted by molar-refractivity contribution is 5.95.